The molecule has 0 radical (unpaired) electrons. The summed E-state index contributed by atoms with van der Waals surface area (Å²) in [5.41, 5.74) is 0.542. The molecule has 2 aromatic rings. The van der Waals surface area contributed by atoms with Crippen LogP contribution in [0.2, 0.25) is 0 Å². The van der Waals surface area contributed by atoms with Crippen molar-refractivity contribution in [2.75, 3.05) is 4.72 Å². The molecule has 0 aliphatic carbocycles. The highest BCUT2D eigenvalue weighted by Gasteiger charge is 2.18. The fourth-order valence-electron chi connectivity index (χ4n) is 1.91. The minimum Gasteiger partial charge on any atom is -0.350 e. The number of carbonyl (C=O) groups is 1. The van der Waals surface area contributed by atoms with Crippen LogP contribution in [0.25, 0.3) is 0 Å². The van der Waals surface area contributed by atoms with E-state index in [4.69, 9.17) is 0 Å². The van der Waals surface area contributed by atoms with Crippen molar-refractivity contribution in [3.63, 3.8) is 0 Å². The second-order valence-electron chi connectivity index (χ2n) is 5.09. The highest BCUT2D eigenvalue weighted by molar-refractivity contribution is 7.92. The third-order valence-corrected chi connectivity index (χ3v) is 4.27. The summed E-state index contributed by atoms with van der Waals surface area (Å²) in [6.45, 7) is 3.68. The number of hydrogen-bond acceptors (Lipinski definition) is 3. The highest BCUT2D eigenvalue weighted by atomic mass is 32.2. The molecule has 22 heavy (non-hydrogen) atoms. The van der Waals surface area contributed by atoms with Crippen molar-refractivity contribution in [2.45, 2.75) is 24.8 Å². The van der Waals surface area contributed by atoms with Gasteiger partial charge in [-0.15, -0.1) is 0 Å². The Hall–Kier alpha value is -2.34. The quantitative estimate of drug-likeness (QED) is 0.890. The lowest BCUT2D eigenvalue weighted by Gasteiger charge is -2.14. The molecule has 2 rings (SSSR count). The van der Waals surface area contributed by atoms with Gasteiger partial charge in [0.25, 0.3) is 15.9 Å². The molecule has 1 amide bonds. The van der Waals surface area contributed by atoms with Gasteiger partial charge < -0.3 is 5.32 Å². The first-order valence-corrected chi connectivity index (χ1v) is 8.36. The number of rotatable bonds is 5. The summed E-state index contributed by atoms with van der Waals surface area (Å²) in [5.74, 6) is -0.318. The number of amides is 1. The van der Waals surface area contributed by atoms with Crippen molar-refractivity contribution >= 4 is 21.6 Å². The van der Waals surface area contributed by atoms with Gasteiger partial charge in [-0.1, -0.05) is 30.3 Å². The molecule has 0 saturated carbocycles. The molecule has 0 atom stereocenters. The van der Waals surface area contributed by atoms with Crippen molar-refractivity contribution in [3.05, 3.63) is 60.2 Å². The summed E-state index contributed by atoms with van der Waals surface area (Å²) in [7, 11) is -3.73. The molecule has 116 valence electrons. The van der Waals surface area contributed by atoms with Crippen molar-refractivity contribution in [2.24, 2.45) is 0 Å². The van der Waals surface area contributed by atoms with Crippen LogP contribution in [0.3, 0.4) is 0 Å². The topological polar surface area (TPSA) is 75.3 Å². The van der Waals surface area contributed by atoms with E-state index in [1.54, 1.807) is 42.5 Å². The fourth-order valence-corrected chi connectivity index (χ4v) is 3.01. The zero-order valence-corrected chi connectivity index (χ0v) is 13.2. The number of nitrogens with one attached hydrogen (secondary N) is 2. The van der Waals surface area contributed by atoms with Crippen LogP contribution >= 0.6 is 0 Å². The van der Waals surface area contributed by atoms with Crippen LogP contribution in [0.15, 0.2) is 59.5 Å². The van der Waals surface area contributed by atoms with Crippen molar-refractivity contribution < 1.29 is 13.2 Å². The Bertz CT molecular complexity index is 756. The van der Waals surface area contributed by atoms with Crippen LogP contribution in [0, 0.1) is 0 Å². The van der Waals surface area contributed by atoms with Gasteiger partial charge in [-0.3, -0.25) is 9.52 Å². The summed E-state index contributed by atoms with van der Waals surface area (Å²) in [5, 5.41) is 2.75. The molecule has 0 unspecified atom stereocenters. The first kappa shape index (κ1) is 16.0. The predicted molar refractivity (Wildman–Crippen MR) is 86.3 cm³/mol. The Morgan fingerprint density at radius 3 is 2.18 bits per heavy atom. The van der Waals surface area contributed by atoms with E-state index >= 15 is 0 Å². The van der Waals surface area contributed by atoms with Gasteiger partial charge in [-0.25, -0.2) is 8.42 Å². The molecular weight excluding hydrogens is 300 g/mol. The largest absolute Gasteiger partial charge is 0.350 e. The molecule has 0 aromatic heterocycles. The molecule has 2 N–H and O–H groups in total. The zero-order chi connectivity index (χ0) is 16.2. The molecular formula is C16H18N2O3S. The maximum absolute atomic E-state index is 12.4. The Kier molecular flexibility index (Phi) is 4.82. The number of benzene rings is 2. The standard InChI is InChI=1S/C16H18N2O3S/c1-12(2)17-16(19)14-10-6-7-11-15(14)18-22(20,21)13-8-4-3-5-9-13/h3-12,18H,1-2H3,(H,17,19). The lowest BCUT2D eigenvalue weighted by molar-refractivity contribution is 0.0944. The van der Waals surface area contributed by atoms with Crippen LogP contribution in [0.4, 0.5) is 5.69 Å². The Labute approximate surface area is 130 Å². The van der Waals surface area contributed by atoms with Gasteiger partial charge in [0.2, 0.25) is 0 Å². The third kappa shape index (κ3) is 3.85. The van der Waals surface area contributed by atoms with Gasteiger partial charge in [0, 0.05) is 6.04 Å². The number of anilines is 1. The second kappa shape index (κ2) is 6.62. The molecule has 0 bridgehead atoms. The number of carbonyl (C=O) groups excluding carboxylic acids is 1. The summed E-state index contributed by atoms with van der Waals surface area (Å²) in [6.07, 6.45) is 0. The summed E-state index contributed by atoms with van der Waals surface area (Å²) in [6, 6.07) is 14.5. The molecule has 0 aliphatic rings. The predicted octanol–water partition coefficient (Wildman–Crippen LogP) is 2.63. The number of sulfonamides is 1. The van der Waals surface area contributed by atoms with Gasteiger partial charge in [0.05, 0.1) is 16.1 Å². The normalized spacial score (nSPS) is 11.2. The molecule has 0 heterocycles. The fraction of sp³-hybridized carbons (Fsp3) is 0.188. The van der Waals surface area contributed by atoms with Gasteiger partial charge in [-0.2, -0.15) is 0 Å². The van der Waals surface area contributed by atoms with E-state index in [1.165, 1.54) is 12.1 Å². The first-order valence-electron chi connectivity index (χ1n) is 6.88. The van der Waals surface area contributed by atoms with Crippen molar-refractivity contribution in [3.8, 4) is 0 Å². The number of hydrogen-bond donors (Lipinski definition) is 2. The van der Waals surface area contributed by atoms with E-state index in [2.05, 4.69) is 10.0 Å². The monoisotopic (exact) mass is 318 g/mol. The minimum atomic E-state index is -3.73. The van der Waals surface area contributed by atoms with Crippen LogP contribution < -0.4 is 10.0 Å². The van der Waals surface area contributed by atoms with Crippen LogP contribution in [-0.2, 0) is 10.0 Å². The van der Waals surface area contributed by atoms with Gasteiger partial charge in [-0.05, 0) is 38.1 Å². The third-order valence-electron chi connectivity index (χ3n) is 2.89. The lowest BCUT2D eigenvalue weighted by atomic mass is 10.1. The van der Waals surface area contributed by atoms with Crippen LogP contribution in [0.5, 0.6) is 0 Å². The molecule has 0 spiro atoms. The van der Waals surface area contributed by atoms with E-state index in [1.807, 2.05) is 13.8 Å². The Balaban J connectivity index is 2.33. The van der Waals surface area contributed by atoms with E-state index in [-0.39, 0.29) is 28.1 Å². The summed E-state index contributed by atoms with van der Waals surface area (Å²) >= 11 is 0. The average molecular weight is 318 g/mol. The first-order chi connectivity index (χ1) is 10.4. The van der Waals surface area contributed by atoms with Gasteiger partial charge in [0.15, 0.2) is 0 Å². The molecule has 5 nitrogen and oxygen atoms in total. The maximum Gasteiger partial charge on any atom is 0.261 e. The SMILES string of the molecule is CC(C)NC(=O)c1ccccc1NS(=O)(=O)c1ccccc1. The van der Waals surface area contributed by atoms with Crippen LogP contribution in [0.1, 0.15) is 24.2 Å². The summed E-state index contributed by atoms with van der Waals surface area (Å²) in [4.78, 5) is 12.3. The van der Waals surface area contributed by atoms with E-state index in [9.17, 15) is 13.2 Å². The summed E-state index contributed by atoms with van der Waals surface area (Å²) < 4.78 is 27.2. The van der Waals surface area contributed by atoms with E-state index in [0.717, 1.165) is 0 Å². The molecule has 0 saturated heterocycles. The average Bonchev–Trinajstić information content (AvgIpc) is 2.47. The molecule has 0 fully saturated rings. The highest BCUT2D eigenvalue weighted by Crippen LogP contribution is 2.20. The maximum atomic E-state index is 12.4. The van der Waals surface area contributed by atoms with Gasteiger partial charge in [0.1, 0.15) is 0 Å². The second-order valence-corrected chi connectivity index (χ2v) is 6.77. The van der Waals surface area contributed by atoms with Gasteiger partial charge >= 0.3 is 0 Å². The van der Waals surface area contributed by atoms with Crippen molar-refractivity contribution in [1.82, 2.24) is 5.32 Å². The lowest BCUT2D eigenvalue weighted by Crippen LogP contribution is -2.31. The minimum absolute atomic E-state index is 0.0358. The smallest absolute Gasteiger partial charge is 0.261 e. The van der Waals surface area contributed by atoms with Crippen molar-refractivity contribution in [1.29, 1.82) is 0 Å². The Morgan fingerprint density at radius 1 is 0.955 bits per heavy atom. The van der Waals surface area contributed by atoms with Crippen LogP contribution in [-0.4, -0.2) is 20.4 Å². The number of para-hydroxylation sites is 1. The van der Waals surface area contributed by atoms with E-state index < -0.39 is 10.0 Å². The molecule has 0 aliphatic heterocycles. The van der Waals surface area contributed by atoms with E-state index in [0.29, 0.717) is 0 Å². The molecule has 2 aromatic carbocycles. The zero-order valence-electron chi connectivity index (χ0n) is 12.4. The Morgan fingerprint density at radius 2 is 1.55 bits per heavy atom. The molecule has 6 heteroatoms.